The third-order valence-electron chi connectivity index (χ3n) is 9.55. The zero-order valence-electron chi connectivity index (χ0n) is 27.4. The van der Waals surface area contributed by atoms with Gasteiger partial charge in [0.2, 0.25) is 0 Å². The van der Waals surface area contributed by atoms with E-state index in [1.165, 1.54) is 161 Å². The molecule has 0 bridgehead atoms. The summed E-state index contributed by atoms with van der Waals surface area (Å²) in [7, 11) is 0. The molecular weight excluding hydrogens is 484 g/mol. The maximum absolute atomic E-state index is 5.71. The van der Waals surface area contributed by atoms with Gasteiger partial charge in [-0.3, -0.25) is 5.73 Å². The summed E-state index contributed by atoms with van der Waals surface area (Å²) in [5.41, 5.74) is 11.3. The van der Waals surface area contributed by atoms with Crippen molar-refractivity contribution in [2.24, 2.45) is 35.1 Å². The first-order valence-electron chi connectivity index (χ1n) is 18.3. The lowest BCUT2D eigenvalue weighted by atomic mass is 9.65. The molecule has 2 nitrogen and oxygen atoms in total. The van der Waals surface area contributed by atoms with E-state index in [0.717, 1.165) is 36.8 Å². The molecule has 40 heavy (non-hydrogen) atoms. The smallest absolute Gasteiger partial charge is 0.136 e. The Morgan fingerprint density at radius 1 is 0.550 bits per heavy atom. The van der Waals surface area contributed by atoms with Gasteiger partial charge in [0.15, 0.2) is 0 Å². The lowest BCUT2D eigenvalue weighted by molar-refractivity contribution is 0.159. The fraction of sp³-hybridized carbons (Fsp3) is 0.868. The second-order valence-electron chi connectivity index (χ2n) is 13.0. The van der Waals surface area contributed by atoms with Crippen molar-refractivity contribution in [3.8, 4) is 0 Å². The topological polar surface area (TPSA) is 52.0 Å². The van der Waals surface area contributed by atoms with E-state index in [4.69, 9.17) is 11.5 Å². The minimum atomic E-state index is 0.734. The van der Waals surface area contributed by atoms with Crippen LogP contribution in [0.2, 0.25) is 0 Å². The van der Waals surface area contributed by atoms with Gasteiger partial charge in [0, 0.05) is 0 Å². The lowest BCUT2D eigenvalue weighted by Gasteiger charge is -2.40. The first-order valence-corrected chi connectivity index (χ1v) is 18.3. The summed E-state index contributed by atoms with van der Waals surface area (Å²) in [6.07, 6.45) is 46.9. The number of rotatable bonds is 29. The quantitative estimate of drug-likeness (QED) is 0.0546. The molecule has 1 aliphatic rings. The van der Waals surface area contributed by atoms with Crippen molar-refractivity contribution in [3.63, 3.8) is 0 Å². The predicted molar refractivity (Wildman–Crippen MR) is 181 cm³/mol. The SMILES string of the molecule is CCCCC/C=C/CC1C(CCCCCCC)C=CC(CCCCCCC[CH+]CN)C1CCCCCCCCN. The molecule has 0 amide bonds. The molecular formula is C38H73N2+. The van der Waals surface area contributed by atoms with Gasteiger partial charge in [0.1, 0.15) is 6.54 Å². The predicted octanol–water partition coefficient (Wildman–Crippen LogP) is 11.5. The van der Waals surface area contributed by atoms with E-state index >= 15 is 0 Å². The van der Waals surface area contributed by atoms with Crippen LogP contribution in [0, 0.1) is 30.1 Å². The van der Waals surface area contributed by atoms with E-state index in [2.05, 4.69) is 44.6 Å². The zero-order chi connectivity index (χ0) is 28.9. The molecule has 0 saturated heterocycles. The molecule has 1 aliphatic carbocycles. The van der Waals surface area contributed by atoms with Crippen LogP contribution in [0.4, 0.5) is 0 Å². The molecule has 0 heterocycles. The normalized spacial score (nSPS) is 21.0. The van der Waals surface area contributed by atoms with Crippen molar-refractivity contribution in [2.75, 3.05) is 13.1 Å². The minimum Gasteiger partial charge on any atom is -0.330 e. The number of allylic oxidation sites excluding steroid dienone is 4. The third-order valence-corrected chi connectivity index (χ3v) is 9.55. The van der Waals surface area contributed by atoms with Crippen LogP contribution in [-0.2, 0) is 0 Å². The molecule has 0 aromatic rings. The van der Waals surface area contributed by atoms with Crippen molar-refractivity contribution in [3.05, 3.63) is 30.7 Å². The Hall–Kier alpha value is -0.730. The van der Waals surface area contributed by atoms with Gasteiger partial charge in [-0.25, -0.2) is 0 Å². The van der Waals surface area contributed by atoms with Crippen LogP contribution in [0.5, 0.6) is 0 Å². The van der Waals surface area contributed by atoms with Gasteiger partial charge in [0.05, 0.1) is 12.8 Å². The van der Waals surface area contributed by atoms with Gasteiger partial charge in [-0.05, 0) is 88.0 Å². The van der Waals surface area contributed by atoms with E-state index in [-0.39, 0.29) is 0 Å². The summed E-state index contributed by atoms with van der Waals surface area (Å²) in [6.45, 7) is 6.23. The van der Waals surface area contributed by atoms with Crippen LogP contribution in [0.3, 0.4) is 0 Å². The molecule has 0 aromatic heterocycles. The van der Waals surface area contributed by atoms with E-state index in [9.17, 15) is 0 Å². The second-order valence-corrected chi connectivity index (χ2v) is 13.0. The largest absolute Gasteiger partial charge is 0.330 e. The number of hydrogen-bond acceptors (Lipinski definition) is 2. The Labute approximate surface area is 253 Å². The molecule has 4 unspecified atom stereocenters. The highest BCUT2D eigenvalue weighted by molar-refractivity contribution is 5.07. The van der Waals surface area contributed by atoms with Gasteiger partial charge in [-0.2, -0.15) is 0 Å². The Morgan fingerprint density at radius 3 is 1.70 bits per heavy atom. The minimum absolute atomic E-state index is 0.734. The summed E-state index contributed by atoms with van der Waals surface area (Å²) in [5, 5.41) is 0. The van der Waals surface area contributed by atoms with Gasteiger partial charge < -0.3 is 5.73 Å². The van der Waals surface area contributed by atoms with Gasteiger partial charge in [-0.15, -0.1) is 0 Å². The fourth-order valence-corrected chi connectivity index (χ4v) is 7.02. The molecule has 0 saturated carbocycles. The molecule has 0 fully saturated rings. The first-order chi connectivity index (χ1) is 19.8. The van der Waals surface area contributed by atoms with Crippen molar-refractivity contribution in [2.45, 2.75) is 174 Å². The van der Waals surface area contributed by atoms with E-state index in [0.29, 0.717) is 0 Å². The fourth-order valence-electron chi connectivity index (χ4n) is 7.02. The first kappa shape index (κ1) is 37.3. The van der Waals surface area contributed by atoms with Crippen LogP contribution in [0.1, 0.15) is 174 Å². The van der Waals surface area contributed by atoms with Crippen LogP contribution < -0.4 is 11.5 Å². The molecule has 0 spiro atoms. The standard InChI is InChI=1S/C38H73N2/c1-3-5-7-9-17-23-29-37-35(27-21-15-8-6-4-2)31-32-36(28-22-16-11-10-13-19-25-33-39)38(37)30-24-18-12-14-20-26-34-40/h17,23,25,31-32,35-38H,3-16,18-22,24,26-30,33-34,39-40H2,1-2H3/q+1/b23-17+. The Balaban J connectivity index is 2.77. The van der Waals surface area contributed by atoms with Crippen LogP contribution in [0.25, 0.3) is 0 Å². The summed E-state index contributed by atoms with van der Waals surface area (Å²) in [5.74, 6) is 3.34. The highest BCUT2D eigenvalue weighted by Crippen LogP contribution is 2.44. The molecule has 1 rings (SSSR count). The number of nitrogens with two attached hydrogens (primary N) is 2. The van der Waals surface area contributed by atoms with E-state index in [1.54, 1.807) is 0 Å². The van der Waals surface area contributed by atoms with Gasteiger partial charge in [0.25, 0.3) is 0 Å². The number of unbranched alkanes of at least 4 members (excludes halogenated alkanes) is 18. The zero-order valence-corrected chi connectivity index (χ0v) is 27.4. The molecule has 234 valence electrons. The maximum Gasteiger partial charge on any atom is 0.136 e. The van der Waals surface area contributed by atoms with Crippen molar-refractivity contribution in [1.82, 2.24) is 0 Å². The van der Waals surface area contributed by atoms with Crippen molar-refractivity contribution < 1.29 is 0 Å². The molecule has 4 atom stereocenters. The summed E-state index contributed by atoms with van der Waals surface area (Å²) < 4.78 is 0. The summed E-state index contributed by atoms with van der Waals surface area (Å²) in [4.78, 5) is 0. The number of hydrogen-bond donors (Lipinski definition) is 2. The Bertz CT molecular complexity index is 568. The van der Waals surface area contributed by atoms with Crippen LogP contribution in [0.15, 0.2) is 24.3 Å². The Morgan fingerprint density at radius 2 is 1.07 bits per heavy atom. The van der Waals surface area contributed by atoms with E-state index in [1.807, 2.05) is 0 Å². The average Bonchev–Trinajstić information content (AvgIpc) is 2.97. The Kier molecular flexibility index (Phi) is 26.5. The van der Waals surface area contributed by atoms with Crippen molar-refractivity contribution >= 4 is 0 Å². The lowest BCUT2D eigenvalue weighted by Crippen LogP contribution is -2.31. The van der Waals surface area contributed by atoms with Gasteiger partial charge >= 0.3 is 0 Å². The monoisotopic (exact) mass is 558 g/mol. The summed E-state index contributed by atoms with van der Waals surface area (Å²) in [6, 6.07) is 0. The average molecular weight is 558 g/mol. The molecule has 4 N–H and O–H groups in total. The second kappa shape index (κ2) is 28.4. The van der Waals surface area contributed by atoms with E-state index < -0.39 is 0 Å². The molecule has 0 radical (unpaired) electrons. The van der Waals surface area contributed by atoms with Crippen LogP contribution >= 0.6 is 0 Å². The maximum atomic E-state index is 5.71. The highest BCUT2D eigenvalue weighted by Gasteiger charge is 2.34. The van der Waals surface area contributed by atoms with Crippen LogP contribution in [-0.4, -0.2) is 13.1 Å². The third kappa shape index (κ3) is 19.4. The molecule has 2 heteroatoms. The molecule has 0 aliphatic heterocycles. The van der Waals surface area contributed by atoms with Gasteiger partial charge in [-0.1, -0.05) is 134 Å². The molecule has 0 aromatic carbocycles. The van der Waals surface area contributed by atoms with Crippen molar-refractivity contribution in [1.29, 1.82) is 0 Å². The summed E-state index contributed by atoms with van der Waals surface area (Å²) >= 11 is 0. The highest BCUT2D eigenvalue weighted by atomic mass is 14.5.